The maximum atomic E-state index is 5.96. The summed E-state index contributed by atoms with van der Waals surface area (Å²) < 4.78 is 17.1. The Bertz CT molecular complexity index is 657. The van der Waals surface area contributed by atoms with Crippen molar-refractivity contribution in [3.63, 3.8) is 0 Å². The summed E-state index contributed by atoms with van der Waals surface area (Å²) in [6, 6.07) is 14.2. The average Bonchev–Trinajstić information content (AvgIpc) is 2.58. The lowest BCUT2D eigenvalue weighted by atomic mass is 9.95. The molecular weight excluding hydrogens is 290 g/mol. The van der Waals surface area contributed by atoms with Crippen molar-refractivity contribution in [1.29, 1.82) is 0 Å². The fourth-order valence-electron chi connectivity index (χ4n) is 2.76. The third-order valence-corrected chi connectivity index (χ3v) is 4.05. The van der Waals surface area contributed by atoms with Crippen LogP contribution in [-0.4, -0.2) is 26.4 Å². The normalized spacial score (nSPS) is 14.3. The first kappa shape index (κ1) is 15.7. The summed E-state index contributed by atoms with van der Waals surface area (Å²) in [5.74, 6) is 2.78. The largest absolute Gasteiger partial charge is 0.494 e. The zero-order chi connectivity index (χ0) is 16.1. The van der Waals surface area contributed by atoms with Crippen LogP contribution in [0.25, 0.3) is 0 Å². The van der Waals surface area contributed by atoms with Crippen LogP contribution in [0.3, 0.4) is 0 Å². The molecule has 1 aliphatic heterocycles. The monoisotopic (exact) mass is 313 g/mol. The molecule has 0 aliphatic carbocycles. The van der Waals surface area contributed by atoms with E-state index in [9.17, 15) is 0 Å². The van der Waals surface area contributed by atoms with Gasteiger partial charge in [-0.1, -0.05) is 18.2 Å². The van der Waals surface area contributed by atoms with Crippen molar-refractivity contribution in [1.82, 2.24) is 0 Å². The number of fused-ring (bicyclic) bond motifs is 1. The van der Waals surface area contributed by atoms with Gasteiger partial charge in [0.2, 0.25) is 0 Å². The van der Waals surface area contributed by atoms with Gasteiger partial charge >= 0.3 is 0 Å². The minimum absolute atomic E-state index is 0.246. The molecule has 122 valence electrons. The molecule has 4 heteroatoms. The Morgan fingerprint density at radius 2 is 1.91 bits per heavy atom. The number of ether oxygens (including phenoxy) is 3. The number of hydrogen-bond donors (Lipinski definition) is 1. The smallest absolute Gasteiger partial charge is 0.161 e. The molecule has 1 atom stereocenters. The lowest BCUT2D eigenvalue weighted by Gasteiger charge is -2.21. The highest BCUT2D eigenvalue weighted by molar-refractivity contribution is 5.44. The SMILES string of the molecule is Cc1cccc(OCCC(CN)c2ccc3c(c2)OCCO3)c1. The molecule has 23 heavy (non-hydrogen) atoms. The van der Waals surface area contributed by atoms with Gasteiger partial charge in [0, 0.05) is 0 Å². The topological polar surface area (TPSA) is 53.7 Å². The molecular formula is C19H23NO3. The summed E-state index contributed by atoms with van der Waals surface area (Å²) in [5.41, 5.74) is 8.33. The van der Waals surface area contributed by atoms with E-state index in [2.05, 4.69) is 19.1 Å². The van der Waals surface area contributed by atoms with Gasteiger partial charge in [-0.25, -0.2) is 0 Å². The van der Waals surface area contributed by atoms with Crippen molar-refractivity contribution < 1.29 is 14.2 Å². The fraction of sp³-hybridized carbons (Fsp3) is 0.368. The van der Waals surface area contributed by atoms with Crippen LogP contribution in [-0.2, 0) is 0 Å². The van der Waals surface area contributed by atoms with Gasteiger partial charge in [-0.15, -0.1) is 0 Å². The number of nitrogens with two attached hydrogens (primary N) is 1. The van der Waals surface area contributed by atoms with Crippen LogP contribution in [0.4, 0.5) is 0 Å². The Morgan fingerprint density at radius 1 is 1.09 bits per heavy atom. The fourth-order valence-corrected chi connectivity index (χ4v) is 2.76. The average molecular weight is 313 g/mol. The summed E-state index contributed by atoms with van der Waals surface area (Å²) in [6.45, 7) is 4.48. The molecule has 1 unspecified atom stereocenters. The number of rotatable bonds is 6. The Labute approximate surface area is 137 Å². The van der Waals surface area contributed by atoms with Crippen LogP contribution >= 0.6 is 0 Å². The number of benzene rings is 2. The van der Waals surface area contributed by atoms with Gasteiger partial charge in [-0.05, 0) is 61.2 Å². The number of hydrogen-bond acceptors (Lipinski definition) is 4. The Hall–Kier alpha value is -2.20. The highest BCUT2D eigenvalue weighted by atomic mass is 16.6. The molecule has 0 spiro atoms. The van der Waals surface area contributed by atoms with Gasteiger partial charge in [-0.3, -0.25) is 0 Å². The molecule has 1 aliphatic rings. The van der Waals surface area contributed by atoms with Gasteiger partial charge in [0.05, 0.1) is 6.61 Å². The van der Waals surface area contributed by atoms with E-state index in [0.717, 1.165) is 23.7 Å². The second-order valence-corrected chi connectivity index (χ2v) is 5.79. The third kappa shape index (κ3) is 3.96. The summed E-state index contributed by atoms with van der Waals surface area (Å²) in [7, 11) is 0. The standard InChI is InChI=1S/C19H23NO3/c1-14-3-2-4-17(11-14)21-8-7-16(13-20)15-5-6-18-19(12-15)23-10-9-22-18/h2-6,11-12,16H,7-10,13,20H2,1H3. The summed E-state index contributed by atoms with van der Waals surface area (Å²) in [6.07, 6.45) is 0.865. The molecule has 0 radical (unpaired) electrons. The van der Waals surface area contributed by atoms with Crippen LogP contribution in [0.2, 0.25) is 0 Å². The molecule has 0 aromatic heterocycles. The zero-order valence-electron chi connectivity index (χ0n) is 13.5. The molecule has 1 heterocycles. The van der Waals surface area contributed by atoms with E-state index in [0.29, 0.717) is 26.4 Å². The quantitative estimate of drug-likeness (QED) is 0.889. The van der Waals surface area contributed by atoms with Crippen LogP contribution in [0, 0.1) is 6.92 Å². The molecule has 0 saturated heterocycles. The van der Waals surface area contributed by atoms with E-state index < -0.39 is 0 Å². The lowest BCUT2D eigenvalue weighted by molar-refractivity contribution is 0.171. The van der Waals surface area contributed by atoms with Crippen molar-refractivity contribution in [3.8, 4) is 17.2 Å². The van der Waals surface area contributed by atoms with Crippen molar-refractivity contribution in [2.45, 2.75) is 19.3 Å². The summed E-state index contributed by atoms with van der Waals surface area (Å²) in [4.78, 5) is 0. The predicted octanol–water partition coefficient (Wildman–Crippen LogP) is 3.28. The molecule has 4 nitrogen and oxygen atoms in total. The van der Waals surface area contributed by atoms with Gasteiger partial charge < -0.3 is 19.9 Å². The van der Waals surface area contributed by atoms with Crippen molar-refractivity contribution in [2.75, 3.05) is 26.4 Å². The minimum Gasteiger partial charge on any atom is -0.494 e. The third-order valence-electron chi connectivity index (χ3n) is 4.05. The van der Waals surface area contributed by atoms with Crippen LogP contribution in [0.15, 0.2) is 42.5 Å². The Balaban J connectivity index is 1.61. The zero-order valence-corrected chi connectivity index (χ0v) is 13.5. The van der Waals surface area contributed by atoms with Crippen molar-refractivity contribution in [2.24, 2.45) is 5.73 Å². The second kappa shape index (κ2) is 7.38. The minimum atomic E-state index is 0.246. The molecule has 2 aromatic rings. The first-order chi connectivity index (χ1) is 11.3. The molecule has 2 aromatic carbocycles. The molecule has 0 amide bonds. The van der Waals surface area contributed by atoms with Crippen molar-refractivity contribution in [3.05, 3.63) is 53.6 Å². The van der Waals surface area contributed by atoms with Gasteiger partial charge in [0.25, 0.3) is 0 Å². The van der Waals surface area contributed by atoms with Crippen LogP contribution < -0.4 is 19.9 Å². The maximum Gasteiger partial charge on any atom is 0.161 e. The first-order valence-electron chi connectivity index (χ1n) is 8.05. The maximum absolute atomic E-state index is 5.96. The highest BCUT2D eigenvalue weighted by Crippen LogP contribution is 2.33. The van der Waals surface area contributed by atoms with E-state index >= 15 is 0 Å². The van der Waals surface area contributed by atoms with E-state index in [1.54, 1.807) is 0 Å². The van der Waals surface area contributed by atoms with Gasteiger partial charge in [0.15, 0.2) is 11.5 Å². The highest BCUT2D eigenvalue weighted by Gasteiger charge is 2.16. The Morgan fingerprint density at radius 3 is 2.70 bits per heavy atom. The molecule has 3 rings (SSSR count). The van der Waals surface area contributed by atoms with Gasteiger partial charge in [-0.2, -0.15) is 0 Å². The summed E-state index contributed by atoms with van der Waals surface area (Å²) >= 11 is 0. The second-order valence-electron chi connectivity index (χ2n) is 5.79. The van der Waals surface area contributed by atoms with Crippen LogP contribution in [0.1, 0.15) is 23.5 Å². The Kier molecular flexibility index (Phi) is 5.03. The van der Waals surface area contributed by atoms with E-state index in [1.807, 2.05) is 30.3 Å². The van der Waals surface area contributed by atoms with Crippen LogP contribution in [0.5, 0.6) is 17.2 Å². The predicted molar refractivity (Wildman–Crippen MR) is 90.5 cm³/mol. The van der Waals surface area contributed by atoms with E-state index in [-0.39, 0.29) is 5.92 Å². The number of aryl methyl sites for hydroxylation is 1. The molecule has 0 bridgehead atoms. The lowest BCUT2D eigenvalue weighted by Crippen LogP contribution is -2.18. The molecule has 0 fully saturated rings. The molecule has 0 saturated carbocycles. The summed E-state index contributed by atoms with van der Waals surface area (Å²) in [5, 5.41) is 0. The van der Waals surface area contributed by atoms with Crippen molar-refractivity contribution >= 4 is 0 Å². The van der Waals surface area contributed by atoms with E-state index in [1.165, 1.54) is 11.1 Å². The molecule has 2 N–H and O–H groups in total. The van der Waals surface area contributed by atoms with E-state index in [4.69, 9.17) is 19.9 Å². The first-order valence-corrected chi connectivity index (χ1v) is 8.05. The van der Waals surface area contributed by atoms with Gasteiger partial charge in [0.1, 0.15) is 19.0 Å².